The highest BCUT2D eigenvalue weighted by Crippen LogP contribution is 2.33. The maximum absolute atomic E-state index is 6.10. The second-order valence-electron chi connectivity index (χ2n) is 4.87. The van der Waals surface area contributed by atoms with Gasteiger partial charge < -0.3 is 5.73 Å². The van der Waals surface area contributed by atoms with Crippen LogP contribution in [0.2, 0.25) is 10.0 Å². The van der Waals surface area contributed by atoms with Gasteiger partial charge in [-0.15, -0.1) is 0 Å². The lowest BCUT2D eigenvalue weighted by molar-refractivity contribution is 0.180. The molecule has 0 amide bonds. The summed E-state index contributed by atoms with van der Waals surface area (Å²) in [5.74, 6) is 0. The second kappa shape index (κ2) is 6.25. The van der Waals surface area contributed by atoms with Gasteiger partial charge >= 0.3 is 0 Å². The van der Waals surface area contributed by atoms with Crippen LogP contribution in [0.5, 0.6) is 0 Å². The van der Waals surface area contributed by atoms with Gasteiger partial charge in [-0.25, -0.2) is 0 Å². The minimum absolute atomic E-state index is 0.257. The molecule has 1 aliphatic rings. The standard InChI is InChI=1S/C14H20Cl2N2/c1-2-11-4-3-7-18(11)14(9-17)10-5-6-12(15)13(16)8-10/h5-6,8,11,14H,2-4,7,9,17H2,1H3. The molecule has 0 saturated carbocycles. The highest BCUT2D eigenvalue weighted by atomic mass is 35.5. The van der Waals surface area contributed by atoms with Gasteiger partial charge in [0.15, 0.2) is 0 Å². The lowest BCUT2D eigenvalue weighted by Gasteiger charge is -2.32. The van der Waals surface area contributed by atoms with Gasteiger partial charge in [0.25, 0.3) is 0 Å². The van der Waals surface area contributed by atoms with Gasteiger partial charge in [-0.05, 0) is 43.5 Å². The van der Waals surface area contributed by atoms with E-state index < -0.39 is 0 Å². The van der Waals surface area contributed by atoms with Gasteiger partial charge in [0.1, 0.15) is 0 Å². The Bertz CT molecular complexity index is 409. The highest BCUT2D eigenvalue weighted by molar-refractivity contribution is 6.42. The molecule has 2 nitrogen and oxygen atoms in total. The van der Waals surface area contributed by atoms with Crippen molar-refractivity contribution in [1.29, 1.82) is 0 Å². The average molecular weight is 287 g/mol. The fraction of sp³-hybridized carbons (Fsp3) is 0.571. The van der Waals surface area contributed by atoms with Crippen molar-refractivity contribution in [3.63, 3.8) is 0 Å². The van der Waals surface area contributed by atoms with E-state index in [0.717, 1.165) is 6.54 Å². The number of hydrogen-bond acceptors (Lipinski definition) is 2. The van der Waals surface area contributed by atoms with E-state index in [2.05, 4.69) is 11.8 Å². The topological polar surface area (TPSA) is 29.3 Å². The van der Waals surface area contributed by atoms with Crippen LogP contribution in [0.1, 0.15) is 37.8 Å². The summed E-state index contributed by atoms with van der Waals surface area (Å²) in [7, 11) is 0. The van der Waals surface area contributed by atoms with E-state index in [1.165, 1.54) is 24.8 Å². The monoisotopic (exact) mass is 286 g/mol. The van der Waals surface area contributed by atoms with Crippen LogP contribution in [0.15, 0.2) is 18.2 Å². The summed E-state index contributed by atoms with van der Waals surface area (Å²) in [6, 6.07) is 6.75. The molecule has 0 aliphatic carbocycles. The first-order valence-corrected chi connectivity index (χ1v) is 7.33. The van der Waals surface area contributed by atoms with Gasteiger partial charge in [0.2, 0.25) is 0 Å². The van der Waals surface area contributed by atoms with E-state index in [1.54, 1.807) is 0 Å². The molecule has 0 radical (unpaired) electrons. The zero-order chi connectivity index (χ0) is 13.1. The van der Waals surface area contributed by atoms with E-state index in [1.807, 2.05) is 18.2 Å². The predicted octanol–water partition coefficient (Wildman–Crippen LogP) is 3.87. The number of rotatable bonds is 4. The maximum atomic E-state index is 6.10. The Morgan fingerprint density at radius 2 is 2.17 bits per heavy atom. The quantitative estimate of drug-likeness (QED) is 0.911. The zero-order valence-corrected chi connectivity index (χ0v) is 12.2. The summed E-state index contributed by atoms with van der Waals surface area (Å²) < 4.78 is 0. The van der Waals surface area contributed by atoms with E-state index in [9.17, 15) is 0 Å². The van der Waals surface area contributed by atoms with Crippen LogP contribution in [0, 0.1) is 0 Å². The summed E-state index contributed by atoms with van der Waals surface area (Å²) in [6.45, 7) is 3.99. The molecule has 2 atom stereocenters. The highest BCUT2D eigenvalue weighted by Gasteiger charge is 2.29. The summed E-state index contributed by atoms with van der Waals surface area (Å²) >= 11 is 12.1. The van der Waals surface area contributed by atoms with Crippen LogP contribution in [0.3, 0.4) is 0 Å². The van der Waals surface area contributed by atoms with Gasteiger partial charge in [-0.1, -0.05) is 36.2 Å². The van der Waals surface area contributed by atoms with Gasteiger partial charge in [-0.2, -0.15) is 0 Å². The van der Waals surface area contributed by atoms with Crippen molar-refractivity contribution in [2.75, 3.05) is 13.1 Å². The number of nitrogens with zero attached hydrogens (tertiary/aromatic N) is 1. The second-order valence-corrected chi connectivity index (χ2v) is 5.68. The Balaban J connectivity index is 2.24. The number of nitrogens with two attached hydrogens (primary N) is 1. The van der Waals surface area contributed by atoms with E-state index in [0.29, 0.717) is 22.6 Å². The fourth-order valence-electron chi connectivity index (χ4n) is 2.89. The van der Waals surface area contributed by atoms with Crippen LogP contribution in [0.4, 0.5) is 0 Å². The number of likely N-dealkylation sites (tertiary alicyclic amines) is 1. The number of halogens is 2. The summed E-state index contributed by atoms with van der Waals surface area (Å²) in [5.41, 5.74) is 7.15. The smallest absolute Gasteiger partial charge is 0.0595 e. The molecular weight excluding hydrogens is 267 g/mol. The SMILES string of the molecule is CCC1CCCN1C(CN)c1ccc(Cl)c(Cl)c1. The molecule has 1 fully saturated rings. The molecule has 1 aromatic carbocycles. The van der Waals surface area contributed by atoms with Gasteiger partial charge in [0, 0.05) is 18.6 Å². The Labute approximate surface area is 119 Å². The van der Waals surface area contributed by atoms with Crippen molar-refractivity contribution >= 4 is 23.2 Å². The largest absolute Gasteiger partial charge is 0.329 e. The molecule has 1 heterocycles. The molecule has 2 unspecified atom stereocenters. The van der Waals surface area contributed by atoms with Crippen molar-refractivity contribution in [3.05, 3.63) is 33.8 Å². The molecule has 0 aromatic heterocycles. The van der Waals surface area contributed by atoms with E-state index in [-0.39, 0.29) is 6.04 Å². The van der Waals surface area contributed by atoms with Gasteiger partial charge in [0.05, 0.1) is 10.0 Å². The van der Waals surface area contributed by atoms with Crippen molar-refractivity contribution in [2.24, 2.45) is 5.73 Å². The summed E-state index contributed by atoms with van der Waals surface area (Å²) in [5, 5.41) is 1.21. The summed E-state index contributed by atoms with van der Waals surface area (Å²) in [4.78, 5) is 2.51. The maximum Gasteiger partial charge on any atom is 0.0595 e. The van der Waals surface area contributed by atoms with Crippen LogP contribution in [-0.2, 0) is 0 Å². The first-order chi connectivity index (χ1) is 8.67. The van der Waals surface area contributed by atoms with Crippen molar-refractivity contribution in [2.45, 2.75) is 38.3 Å². The average Bonchev–Trinajstić information content (AvgIpc) is 2.83. The molecule has 1 saturated heterocycles. The normalized spacial score (nSPS) is 22.3. The molecule has 4 heteroatoms. The van der Waals surface area contributed by atoms with E-state index >= 15 is 0 Å². The molecule has 1 aromatic rings. The minimum atomic E-state index is 0.257. The first-order valence-electron chi connectivity index (χ1n) is 6.58. The molecule has 1 aliphatic heterocycles. The van der Waals surface area contributed by atoms with Crippen molar-refractivity contribution in [3.8, 4) is 0 Å². The van der Waals surface area contributed by atoms with Crippen molar-refractivity contribution in [1.82, 2.24) is 4.90 Å². The van der Waals surface area contributed by atoms with E-state index in [4.69, 9.17) is 28.9 Å². The minimum Gasteiger partial charge on any atom is -0.329 e. The van der Waals surface area contributed by atoms with Crippen LogP contribution in [0.25, 0.3) is 0 Å². The predicted molar refractivity (Wildman–Crippen MR) is 78.3 cm³/mol. The Morgan fingerprint density at radius 3 is 2.78 bits per heavy atom. The third kappa shape index (κ3) is 2.83. The molecule has 0 bridgehead atoms. The van der Waals surface area contributed by atoms with Crippen molar-refractivity contribution < 1.29 is 0 Å². The molecule has 100 valence electrons. The zero-order valence-electron chi connectivity index (χ0n) is 10.7. The lowest BCUT2D eigenvalue weighted by atomic mass is 10.0. The number of benzene rings is 1. The Hall–Kier alpha value is -0.280. The molecule has 0 spiro atoms. The third-order valence-electron chi connectivity index (χ3n) is 3.85. The molecule has 18 heavy (non-hydrogen) atoms. The molecule has 2 N–H and O–H groups in total. The third-order valence-corrected chi connectivity index (χ3v) is 4.58. The summed E-state index contributed by atoms with van der Waals surface area (Å²) in [6.07, 6.45) is 3.71. The molecular formula is C14H20Cl2N2. The Morgan fingerprint density at radius 1 is 1.39 bits per heavy atom. The Kier molecular flexibility index (Phi) is 4.91. The first kappa shape index (κ1) is 14.1. The van der Waals surface area contributed by atoms with Crippen LogP contribution < -0.4 is 5.73 Å². The number of hydrogen-bond donors (Lipinski definition) is 1. The van der Waals surface area contributed by atoms with Crippen LogP contribution in [-0.4, -0.2) is 24.0 Å². The van der Waals surface area contributed by atoms with Crippen LogP contribution >= 0.6 is 23.2 Å². The lowest BCUT2D eigenvalue weighted by Crippen LogP contribution is -2.37. The van der Waals surface area contributed by atoms with Gasteiger partial charge in [-0.3, -0.25) is 4.90 Å². The molecule has 2 rings (SSSR count). The fourth-order valence-corrected chi connectivity index (χ4v) is 3.20.